The Morgan fingerprint density at radius 2 is 2.05 bits per heavy atom. The molecular weight excluding hydrogens is 285 g/mol. The van der Waals surface area contributed by atoms with Gasteiger partial charge in [-0.25, -0.2) is 0 Å². The van der Waals surface area contributed by atoms with E-state index in [2.05, 4.69) is 16.8 Å². The zero-order valence-corrected chi connectivity index (χ0v) is 12.0. The number of halogens is 2. The van der Waals surface area contributed by atoms with E-state index in [1.807, 2.05) is 0 Å². The first-order valence-electron chi connectivity index (χ1n) is 6.46. The van der Waals surface area contributed by atoms with Crippen LogP contribution in [0.1, 0.15) is 10.9 Å². The average molecular weight is 302 g/mol. The summed E-state index contributed by atoms with van der Waals surface area (Å²) in [7, 11) is 2.07. The molecule has 2 rings (SSSR count). The second-order valence-corrected chi connectivity index (χ2v) is 5.57. The minimum Gasteiger partial charge on any atom is -0.304 e. The minimum atomic E-state index is -0.831. The van der Waals surface area contributed by atoms with Gasteiger partial charge in [-0.15, -0.1) is 11.6 Å². The van der Waals surface area contributed by atoms with Crippen LogP contribution in [0.25, 0.3) is 0 Å². The van der Waals surface area contributed by atoms with Crippen LogP contribution in [0.15, 0.2) is 18.2 Å². The summed E-state index contributed by atoms with van der Waals surface area (Å²) in [6, 6.07) is 3.84. The van der Waals surface area contributed by atoms with Gasteiger partial charge < -0.3 is 4.90 Å². The van der Waals surface area contributed by atoms with Crippen molar-refractivity contribution in [1.82, 2.24) is 9.80 Å². The molecule has 0 radical (unpaired) electrons. The molecule has 1 aromatic rings. The van der Waals surface area contributed by atoms with Gasteiger partial charge in [-0.2, -0.15) is 4.39 Å². The highest BCUT2D eigenvalue weighted by molar-refractivity contribution is 6.21. The van der Waals surface area contributed by atoms with Crippen molar-refractivity contribution >= 4 is 17.3 Å². The first-order valence-corrected chi connectivity index (χ1v) is 6.90. The van der Waals surface area contributed by atoms with E-state index >= 15 is 0 Å². The molecule has 0 spiro atoms. The van der Waals surface area contributed by atoms with Crippen molar-refractivity contribution in [1.29, 1.82) is 0 Å². The maximum absolute atomic E-state index is 13.3. The lowest BCUT2D eigenvalue weighted by Gasteiger charge is -2.33. The van der Waals surface area contributed by atoms with Gasteiger partial charge in [0.05, 0.1) is 10.3 Å². The number of piperazine rings is 1. The molecule has 7 heteroatoms. The second-order valence-electron chi connectivity index (χ2n) is 5.04. The first kappa shape index (κ1) is 15.2. The molecule has 1 unspecified atom stereocenters. The van der Waals surface area contributed by atoms with Crippen LogP contribution in [0, 0.1) is 15.9 Å². The third kappa shape index (κ3) is 3.65. The first-order chi connectivity index (χ1) is 9.47. The molecule has 110 valence electrons. The molecule has 1 saturated heterocycles. The lowest BCUT2D eigenvalue weighted by molar-refractivity contribution is -0.387. The Balaban J connectivity index is 2.03. The monoisotopic (exact) mass is 301 g/mol. The van der Waals surface area contributed by atoms with Crippen molar-refractivity contribution in [3.63, 3.8) is 0 Å². The number of rotatable bonds is 4. The van der Waals surface area contributed by atoms with Gasteiger partial charge in [-0.05, 0) is 18.7 Å². The summed E-state index contributed by atoms with van der Waals surface area (Å²) in [4.78, 5) is 14.5. The van der Waals surface area contributed by atoms with Gasteiger partial charge in [0.1, 0.15) is 0 Å². The van der Waals surface area contributed by atoms with E-state index in [4.69, 9.17) is 11.6 Å². The summed E-state index contributed by atoms with van der Waals surface area (Å²) in [6.45, 7) is 4.41. The van der Waals surface area contributed by atoms with E-state index in [-0.39, 0.29) is 5.38 Å². The van der Waals surface area contributed by atoms with Crippen molar-refractivity contribution in [2.75, 3.05) is 39.8 Å². The number of nitro benzene ring substituents is 1. The number of hydrogen-bond acceptors (Lipinski definition) is 4. The van der Waals surface area contributed by atoms with Crippen LogP contribution in [0.4, 0.5) is 10.1 Å². The van der Waals surface area contributed by atoms with Crippen molar-refractivity contribution in [3.05, 3.63) is 39.7 Å². The van der Waals surface area contributed by atoms with Gasteiger partial charge in [-0.3, -0.25) is 15.0 Å². The molecule has 1 atom stereocenters. The van der Waals surface area contributed by atoms with E-state index in [0.717, 1.165) is 32.2 Å². The molecule has 5 nitrogen and oxygen atoms in total. The van der Waals surface area contributed by atoms with Crippen LogP contribution in [-0.4, -0.2) is 54.5 Å². The fourth-order valence-corrected chi connectivity index (χ4v) is 2.56. The van der Waals surface area contributed by atoms with E-state index in [1.54, 1.807) is 0 Å². The van der Waals surface area contributed by atoms with Crippen LogP contribution in [0.5, 0.6) is 0 Å². The van der Waals surface area contributed by atoms with Gasteiger partial charge in [0.2, 0.25) is 5.82 Å². The van der Waals surface area contributed by atoms with Gasteiger partial charge in [0.25, 0.3) is 0 Å². The average Bonchev–Trinajstić information content (AvgIpc) is 2.41. The van der Waals surface area contributed by atoms with Crippen LogP contribution >= 0.6 is 11.6 Å². The predicted molar refractivity (Wildman–Crippen MR) is 75.6 cm³/mol. The highest BCUT2D eigenvalue weighted by Gasteiger charge is 2.21. The molecule has 0 saturated carbocycles. The number of nitrogens with zero attached hydrogens (tertiary/aromatic N) is 3. The largest absolute Gasteiger partial charge is 0.305 e. The second kappa shape index (κ2) is 6.47. The van der Waals surface area contributed by atoms with E-state index in [1.165, 1.54) is 12.1 Å². The molecule has 1 aliphatic rings. The third-order valence-corrected chi connectivity index (χ3v) is 3.93. The normalized spacial score (nSPS) is 18.9. The standard InChI is InChI=1S/C13H17ClFN3O2/c1-16-4-6-17(7-5-16)9-11(14)10-2-3-12(15)13(8-10)18(19)20/h2-3,8,11H,4-7,9H2,1H3. The lowest BCUT2D eigenvalue weighted by Crippen LogP contribution is -2.45. The van der Waals surface area contributed by atoms with Gasteiger partial charge >= 0.3 is 5.69 Å². The highest BCUT2D eigenvalue weighted by atomic mass is 35.5. The molecule has 20 heavy (non-hydrogen) atoms. The highest BCUT2D eigenvalue weighted by Crippen LogP contribution is 2.27. The topological polar surface area (TPSA) is 49.6 Å². The lowest BCUT2D eigenvalue weighted by atomic mass is 10.1. The maximum Gasteiger partial charge on any atom is 0.305 e. The van der Waals surface area contributed by atoms with Crippen LogP contribution < -0.4 is 0 Å². The van der Waals surface area contributed by atoms with E-state index < -0.39 is 16.4 Å². The van der Waals surface area contributed by atoms with Crippen LogP contribution in [0.2, 0.25) is 0 Å². The Morgan fingerprint density at radius 3 is 2.65 bits per heavy atom. The number of nitro groups is 1. The SMILES string of the molecule is CN1CCN(CC(Cl)c2ccc(F)c([N+](=O)[O-])c2)CC1. The van der Waals surface area contributed by atoms with E-state index in [9.17, 15) is 14.5 Å². The Hall–Kier alpha value is -1.24. The number of likely N-dealkylation sites (N-methyl/N-ethyl adjacent to an activating group) is 1. The number of benzene rings is 1. The predicted octanol–water partition coefficient (Wildman–Crippen LogP) is 2.26. The Bertz CT molecular complexity index is 493. The molecule has 0 amide bonds. The molecular formula is C13H17ClFN3O2. The minimum absolute atomic E-state index is 0.377. The Kier molecular flexibility index (Phi) is 4.91. The van der Waals surface area contributed by atoms with Crippen LogP contribution in [0.3, 0.4) is 0 Å². The number of alkyl halides is 1. The van der Waals surface area contributed by atoms with Crippen molar-refractivity contribution in [2.24, 2.45) is 0 Å². The van der Waals surface area contributed by atoms with Gasteiger partial charge in [0.15, 0.2) is 0 Å². The maximum atomic E-state index is 13.3. The zero-order valence-electron chi connectivity index (χ0n) is 11.3. The fraction of sp³-hybridized carbons (Fsp3) is 0.538. The summed E-state index contributed by atoms with van der Waals surface area (Å²) < 4.78 is 13.3. The van der Waals surface area contributed by atoms with Crippen molar-refractivity contribution < 1.29 is 9.31 Å². The third-order valence-electron chi connectivity index (χ3n) is 3.54. The van der Waals surface area contributed by atoms with Crippen LogP contribution in [-0.2, 0) is 0 Å². The summed E-state index contributed by atoms with van der Waals surface area (Å²) in [5, 5.41) is 10.4. The van der Waals surface area contributed by atoms with Gasteiger partial charge in [0, 0.05) is 38.8 Å². The summed E-state index contributed by atoms with van der Waals surface area (Å²) in [5.74, 6) is -0.831. The van der Waals surface area contributed by atoms with Crippen molar-refractivity contribution in [3.8, 4) is 0 Å². The number of hydrogen-bond donors (Lipinski definition) is 0. The van der Waals surface area contributed by atoms with E-state index in [0.29, 0.717) is 12.1 Å². The van der Waals surface area contributed by atoms with Gasteiger partial charge in [-0.1, -0.05) is 6.07 Å². The molecule has 1 aliphatic heterocycles. The smallest absolute Gasteiger partial charge is 0.304 e. The summed E-state index contributed by atoms with van der Waals surface area (Å²) >= 11 is 6.30. The Labute approximate surface area is 122 Å². The molecule has 1 aromatic carbocycles. The summed E-state index contributed by atoms with van der Waals surface area (Å²) in [6.07, 6.45) is 0. The Morgan fingerprint density at radius 1 is 1.40 bits per heavy atom. The fourth-order valence-electron chi connectivity index (χ4n) is 2.23. The molecule has 0 aromatic heterocycles. The molecule has 1 heterocycles. The summed E-state index contributed by atoms with van der Waals surface area (Å²) in [5.41, 5.74) is 0.0604. The molecule has 0 bridgehead atoms. The zero-order chi connectivity index (χ0) is 14.7. The molecule has 0 aliphatic carbocycles. The van der Waals surface area contributed by atoms with Crippen molar-refractivity contribution in [2.45, 2.75) is 5.38 Å². The molecule has 0 N–H and O–H groups in total. The molecule has 1 fully saturated rings. The quantitative estimate of drug-likeness (QED) is 0.486.